The van der Waals surface area contributed by atoms with Crippen molar-refractivity contribution < 1.29 is 4.79 Å². The Morgan fingerprint density at radius 3 is 2.40 bits per heavy atom. The van der Waals surface area contributed by atoms with Gasteiger partial charge in [0.2, 0.25) is 0 Å². The lowest BCUT2D eigenvalue weighted by molar-refractivity contribution is -0.113. The van der Waals surface area contributed by atoms with Crippen LogP contribution in [0, 0.1) is 6.92 Å². The fourth-order valence-corrected chi connectivity index (χ4v) is 1.24. The highest BCUT2D eigenvalue weighted by Gasteiger charge is 2.08. The molecule has 0 saturated heterocycles. The Morgan fingerprint density at radius 1 is 1.33 bits per heavy atom. The minimum absolute atomic E-state index is 0.128. The third-order valence-corrected chi connectivity index (χ3v) is 2.02. The van der Waals surface area contributed by atoms with E-state index in [1.807, 2.05) is 44.2 Å². The molecule has 0 radical (unpaired) electrons. The van der Waals surface area contributed by atoms with Crippen LogP contribution in [0.25, 0.3) is 0 Å². The summed E-state index contributed by atoms with van der Waals surface area (Å²) in [6, 6.07) is 7.78. The average molecular weight is 201 g/mol. The first kappa shape index (κ1) is 11.2. The van der Waals surface area contributed by atoms with Crippen molar-refractivity contribution in [2.24, 2.45) is 0 Å². The SMILES string of the molecule is C=CC(=O)N(/C=C\C)c1ccc(C)cc1. The minimum Gasteiger partial charge on any atom is -0.285 e. The van der Waals surface area contributed by atoms with E-state index in [2.05, 4.69) is 6.58 Å². The molecule has 0 unspecified atom stereocenters. The van der Waals surface area contributed by atoms with Crippen molar-refractivity contribution in [2.45, 2.75) is 13.8 Å². The number of allylic oxidation sites excluding steroid dienone is 1. The fraction of sp³-hybridized carbons (Fsp3) is 0.154. The van der Waals surface area contributed by atoms with E-state index >= 15 is 0 Å². The molecule has 0 aliphatic rings. The number of nitrogens with zero attached hydrogens (tertiary/aromatic N) is 1. The van der Waals surface area contributed by atoms with Gasteiger partial charge in [0.1, 0.15) is 0 Å². The average Bonchev–Trinajstić information content (AvgIpc) is 2.26. The van der Waals surface area contributed by atoms with Crippen LogP contribution in [0.5, 0.6) is 0 Å². The maximum atomic E-state index is 11.5. The van der Waals surface area contributed by atoms with Crippen LogP contribution in [-0.4, -0.2) is 5.91 Å². The summed E-state index contributed by atoms with van der Waals surface area (Å²) >= 11 is 0. The van der Waals surface area contributed by atoms with Gasteiger partial charge in [-0.3, -0.25) is 9.69 Å². The number of rotatable bonds is 3. The molecule has 0 bridgehead atoms. The fourth-order valence-electron chi connectivity index (χ4n) is 1.24. The number of anilines is 1. The smallest absolute Gasteiger partial charge is 0.254 e. The van der Waals surface area contributed by atoms with Crippen molar-refractivity contribution in [3.8, 4) is 0 Å². The number of aryl methyl sites for hydroxylation is 1. The molecule has 0 aromatic heterocycles. The standard InChI is InChI=1S/C13H15NO/c1-4-10-14(13(15)5-2)12-8-6-11(3)7-9-12/h4-10H,2H2,1,3H3/b10-4-. The van der Waals surface area contributed by atoms with Crippen molar-refractivity contribution in [1.29, 1.82) is 0 Å². The zero-order valence-corrected chi connectivity index (χ0v) is 9.10. The molecule has 15 heavy (non-hydrogen) atoms. The van der Waals surface area contributed by atoms with E-state index in [9.17, 15) is 4.79 Å². The predicted octanol–water partition coefficient (Wildman–Crippen LogP) is 3.05. The Balaban J connectivity index is 3.04. The van der Waals surface area contributed by atoms with E-state index in [-0.39, 0.29) is 5.91 Å². The molecule has 1 aromatic rings. The first-order chi connectivity index (χ1) is 7.19. The minimum atomic E-state index is -0.128. The summed E-state index contributed by atoms with van der Waals surface area (Å²) in [6.07, 6.45) is 4.86. The largest absolute Gasteiger partial charge is 0.285 e. The number of amides is 1. The highest BCUT2D eigenvalue weighted by molar-refractivity contribution is 6.02. The van der Waals surface area contributed by atoms with Gasteiger partial charge in [-0.1, -0.05) is 30.4 Å². The van der Waals surface area contributed by atoms with E-state index in [0.29, 0.717) is 0 Å². The van der Waals surface area contributed by atoms with Crippen LogP contribution < -0.4 is 4.90 Å². The van der Waals surface area contributed by atoms with Crippen LogP contribution in [0.3, 0.4) is 0 Å². The molecule has 0 aliphatic heterocycles. The molecule has 0 aliphatic carbocycles. The monoisotopic (exact) mass is 201 g/mol. The zero-order valence-electron chi connectivity index (χ0n) is 9.10. The first-order valence-electron chi connectivity index (χ1n) is 4.84. The van der Waals surface area contributed by atoms with E-state index in [0.717, 1.165) is 5.69 Å². The molecule has 2 heteroatoms. The molecular weight excluding hydrogens is 186 g/mol. The summed E-state index contributed by atoms with van der Waals surface area (Å²) in [6.45, 7) is 7.37. The van der Waals surface area contributed by atoms with Gasteiger partial charge in [-0.2, -0.15) is 0 Å². The van der Waals surface area contributed by atoms with E-state index < -0.39 is 0 Å². The quantitative estimate of drug-likeness (QED) is 0.688. The molecule has 1 rings (SSSR count). The van der Waals surface area contributed by atoms with Gasteiger partial charge in [-0.25, -0.2) is 0 Å². The molecule has 0 saturated carbocycles. The molecule has 78 valence electrons. The Morgan fingerprint density at radius 2 is 1.93 bits per heavy atom. The van der Waals surface area contributed by atoms with Crippen molar-refractivity contribution in [1.82, 2.24) is 0 Å². The summed E-state index contributed by atoms with van der Waals surface area (Å²) in [5, 5.41) is 0. The van der Waals surface area contributed by atoms with Crippen LogP contribution in [-0.2, 0) is 4.79 Å². The van der Waals surface area contributed by atoms with Crippen molar-refractivity contribution in [3.05, 3.63) is 54.8 Å². The third-order valence-electron chi connectivity index (χ3n) is 2.02. The lowest BCUT2D eigenvalue weighted by atomic mass is 10.2. The van der Waals surface area contributed by atoms with E-state index in [4.69, 9.17) is 0 Å². The van der Waals surface area contributed by atoms with Crippen LogP contribution >= 0.6 is 0 Å². The molecule has 0 atom stereocenters. The zero-order chi connectivity index (χ0) is 11.3. The maximum absolute atomic E-state index is 11.5. The highest BCUT2D eigenvalue weighted by Crippen LogP contribution is 2.15. The Bertz CT molecular complexity index is 376. The normalized spacial score (nSPS) is 10.3. The number of hydrogen-bond donors (Lipinski definition) is 0. The van der Waals surface area contributed by atoms with E-state index in [1.54, 1.807) is 11.1 Å². The molecule has 1 amide bonds. The van der Waals surface area contributed by atoms with Gasteiger partial charge in [-0.15, -0.1) is 0 Å². The van der Waals surface area contributed by atoms with Crippen molar-refractivity contribution in [3.63, 3.8) is 0 Å². The molecule has 1 aromatic carbocycles. The summed E-state index contributed by atoms with van der Waals surface area (Å²) in [4.78, 5) is 13.1. The van der Waals surface area contributed by atoms with Crippen LogP contribution in [0.1, 0.15) is 12.5 Å². The molecule has 0 fully saturated rings. The van der Waals surface area contributed by atoms with Gasteiger partial charge in [0, 0.05) is 11.9 Å². The predicted molar refractivity (Wildman–Crippen MR) is 63.7 cm³/mol. The van der Waals surface area contributed by atoms with Gasteiger partial charge in [0.05, 0.1) is 0 Å². The van der Waals surface area contributed by atoms with Gasteiger partial charge in [0.15, 0.2) is 0 Å². The van der Waals surface area contributed by atoms with E-state index in [1.165, 1.54) is 11.6 Å². The second-order valence-corrected chi connectivity index (χ2v) is 3.23. The van der Waals surface area contributed by atoms with Gasteiger partial charge in [-0.05, 0) is 32.1 Å². The van der Waals surface area contributed by atoms with Crippen LogP contribution in [0.4, 0.5) is 5.69 Å². The lowest BCUT2D eigenvalue weighted by Crippen LogP contribution is -2.22. The highest BCUT2D eigenvalue weighted by atomic mass is 16.2. The summed E-state index contributed by atoms with van der Waals surface area (Å²) in [5.41, 5.74) is 2.02. The second kappa shape index (κ2) is 5.15. The van der Waals surface area contributed by atoms with Crippen LogP contribution in [0.15, 0.2) is 49.2 Å². The number of benzene rings is 1. The molecular formula is C13H15NO. The van der Waals surface area contributed by atoms with Gasteiger partial charge in [0.25, 0.3) is 5.91 Å². The van der Waals surface area contributed by atoms with Gasteiger partial charge < -0.3 is 0 Å². The molecule has 0 N–H and O–H groups in total. The first-order valence-corrected chi connectivity index (χ1v) is 4.84. The summed E-state index contributed by atoms with van der Waals surface area (Å²) < 4.78 is 0. The number of hydrogen-bond acceptors (Lipinski definition) is 1. The Labute approximate surface area is 90.5 Å². The topological polar surface area (TPSA) is 20.3 Å². The van der Waals surface area contributed by atoms with Crippen molar-refractivity contribution in [2.75, 3.05) is 4.90 Å². The lowest BCUT2D eigenvalue weighted by Gasteiger charge is -2.16. The third kappa shape index (κ3) is 2.81. The van der Waals surface area contributed by atoms with Crippen LogP contribution in [0.2, 0.25) is 0 Å². The van der Waals surface area contributed by atoms with Crippen molar-refractivity contribution >= 4 is 11.6 Å². The molecule has 2 nitrogen and oxygen atoms in total. The molecule has 0 spiro atoms. The Hall–Kier alpha value is -1.83. The second-order valence-electron chi connectivity index (χ2n) is 3.23. The molecule has 0 heterocycles. The van der Waals surface area contributed by atoms with Gasteiger partial charge >= 0.3 is 0 Å². The summed E-state index contributed by atoms with van der Waals surface area (Å²) in [7, 11) is 0. The summed E-state index contributed by atoms with van der Waals surface area (Å²) in [5.74, 6) is -0.128. The number of carbonyl (C=O) groups is 1. The number of carbonyl (C=O) groups excluding carboxylic acids is 1. The maximum Gasteiger partial charge on any atom is 0.254 e. The Kier molecular flexibility index (Phi) is 3.86.